The number of cyclic esters (lactones) is 1. The van der Waals surface area contributed by atoms with E-state index < -0.39 is 65.8 Å². The van der Waals surface area contributed by atoms with Crippen LogP contribution in [0.25, 0.3) is 0 Å². The minimum Gasteiger partial charge on any atom is -0.451 e. The number of amides is 5. The van der Waals surface area contributed by atoms with Gasteiger partial charge in [-0.25, -0.2) is 0 Å². The average molecular weight is 576 g/mol. The molecule has 0 aromatic rings. The van der Waals surface area contributed by atoms with Crippen LogP contribution in [0.1, 0.15) is 66.7 Å². The number of terminal acetylenes is 1. The molecule has 2 saturated heterocycles. The summed E-state index contributed by atoms with van der Waals surface area (Å²) in [6, 6.07) is -3.64. The predicted octanol–water partition coefficient (Wildman–Crippen LogP) is 0.293. The van der Waals surface area contributed by atoms with Gasteiger partial charge in [0.15, 0.2) is 6.10 Å². The first-order valence-corrected chi connectivity index (χ1v) is 14.3. The summed E-state index contributed by atoms with van der Waals surface area (Å²) in [7, 11) is 3.00. The predicted molar refractivity (Wildman–Crippen MR) is 151 cm³/mol. The Morgan fingerprint density at radius 2 is 1.66 bits per heavy atom. The van der Waals surface area contributed by atoms with Gasteiger partial charge in [0.25, 0.3) is 5.91 Å². The first-order chi connectivity index (χ1) is 19.3. The van der Waals surface area contributed by atoms with E-state index in [0.29, 0.717) is 19.3 Å². The molecule has 5 amide bonds. The van der Waals surface area contributed by atoms with Gasteiger partial charge >= 0.3 is 5.97 Å². The number of carbonyl (C=O) groups excluding carboxylic acids is 6. The molecule has 2 rings (SSSR count). The van der Waals surface area contributed by atoms with E-state index in [1.165, 1.54) is 28.8 Å². The number of hydrogen-bond acceptors (Lipinski definition) is 7. The molecule has 1 unspecified atom stereocenters. The summed E-state index contributed by atoms with van der Waals surface area (Å²) in [6.07, 6.45) is 5.23. The number of hydrogen-bond donors (Lipinski definition) is 2. The van der Waals surface area contributed by atoms with Crippen molar-refractivity contribution in [3.05, 3.63) is 0 Å². The molecule has 0 aliphatic carbocycles. The quantitative estimate of drug-likeness (QED) is 0.362. The van der Waals surface area contributed by atoms with Crippen molar-refractivity contribution in [2.45, 2.75) is 97.0 Å². The molecular weight excluding hydrogens is 530 g/mol. The van der Waals surface area contributed by atoms with Crippen LogP contribution >= 0.6 is 0 Å². The topological polar surface area (TPSA) is 145 Å². The second-order valence-electron chi connectivity index (χ2n) is 11.3. The highest BCUT2D eigenvalue weighted by molar-refractivity contribution is 5.96. The van der Waals surface area contributed by atoms with Crippen LogP contribution in [-0.2, 0) is 33.5 Å². The SMILES string of the molecule is C#CC[C@H]1OC(=O)CCNC(=O)[C@H](C)N(C)C(=O)C(C(C)C)N(C)C(=O)[C@H]([C@@H](C)CC)NC(=O)[C@@H]2CCCN2C1=O. The van der Waals surface area contributed by atoms with E-state index in [1.54, 1.807) is 20.8 Å². The molecular formula is C29H45N5O7. The summed E-state index contributed by atoms with van der Waals surface area (Å²) < 4.78 is 5.38. The number of carbonyl (C=O) groups is 6. The molecule has 2 heterocycles. The Balaban J connectivity index is 2.53. The van der Waals surface area contributed by atoms with Gasteiger partial charge in [-0.1, -0.05) is 34.1 Å². The molecule has 2 fully saturated rings. The van der Waals surface area contributed by atoms with Gasteiger partial charge < -0.3 is 30.1 Å². The second kappa shape index (κ2) is 14.8. The Morgan fingerprint density at radius 1 is 1.00 bits per heavy atom. The number of likely N-dealkylation sites (N-methyl/N-ethyl adjacent to an activating group) is 2. The van der Waals surface area contributed by atoms with Crippen LogP contribution < -0.4 is 10.6 Å². The molecule has 41 heavy (non-hydrogen) atoms. The fourth-order valence-corrected chi connectivity index (χ4v) is 5.19. The smallest absolute Gasteiger partial charge is 0.308 e. The fraction of sp³-hybridized carbons (Fsp3) is 0.724. The Hall–Kier alpha value is -3.62. The lowest BCUT2D eigenvalue weighted by Crippen LogP contribution is -2.60. The zero-order valence-corrected chi connectivity index (χ0v) is 25.3. The van der Waals surface area contributed by atoms with Crippen LogP contribution in [0.15, 0.2) is 0 Å². The molecule has 0 aromatic carbocycles. The van der Waals surface area contributed by atoms with Crippen LogP contribution in [0.2, 0.25) is 0 Å². The first-order valence-electron chi connectivity index (χ1n) is 14.3. The highest BCUT2D eigenvalue weighted by Crippen LogP contribution is 2.23. The van der Waals surface area contributed by atoms with Crippen LogP contribution in [0, 0.1) is 24.2 Å². The number of nitrogens with one attached hydrogen (secondary N) is 2. The molecule has 0 spiro atoms. The third-order valence-electron chi connectivity index (χ3n) is 8.05. The Labute approximate surface area is 242 Å². The van der Waals surface area contributed by atoms with Gasteiger partial charge in [0.1, 0.15) is 24.2 Å². The summed E-state index contributed by atoms with van der Waals surface area (Å²) in [6.45, 7) is 9.05. The summed E-state index contributed by atoms with van der Waals surface area (Å²) in [5.41, 5.74) is 0. The Morgan fingerprint density at radius 3 is 2.24 bits per heavy atom. The maximum atomic E-state index is 13.9. The molecule has 12 nitrogen and oxygen atoms in total. The summed E-state index contributed by atoms with van der Waals surface area (Å²) in [5.74, 6) is -1.44. The Bertz CT molecular complexity index is 1050. The van der Waals surface area contributed by atoms with Crippen molar-refractivity contribution in [3.63, 3.8) is 0 Å². The van der Waals surface area contributed by atoms with E-state index in [4.69, 9.17) is 11.2 Å². The largest absolute Gasteiger partial charge is 0.451 e. The van der Waals surface area contributed by atoms with E-state index in [0.717, 1.165) is 0 Å². The number of rotatable bonds is 4. The van der Waals surface area contributed by atoms with Crippen LogP contribution in [0.4, 0.5) is 0 Å². The molecule has 6 atom stereocenters. The summed E-state index contributed by atoms with van der Waals surface area (Å²) >= 11 is 0. The molecule has 2 N–H and O–H groups in total. The average Bonchev–Trinajstić information content (AvgIpc) is 3.43. The van der Waals surface area contributed by atoms with Crippen LogP contribution in [0.5, 0.6) is 0 Å². The van der Waals surface area contributed by atoms with Crippen molar-refractivity contribution in [3.8, 4) is 12.3 Å². The minimum absolute atomic E-state index is 0.0850. The third kappa shape index (κ3) is 7.99. The van der Waals surface area contributed by atoms with Crippen LogP contribution in [-0.4, -0.2) is 108 Å². The van der Waals surface area contributed by atoms with Gasteiger partial charge in [-0.05, 0) is 31.6 Å². The van der Waals surface area contributed by atoms with E-state index in [1.807, 2.05) is 13.8 Å². The lowest BCUT2D eigenvalue weighted by Gasteiger charge is -2.38. The molecule has 0 saturated carbocycles. The van der Waals surface area contributed by atoms with Gasteiger partial charge in [0, 0.05) is 27.2 Å². The lowest BCUT2D eigenvalue weighted by atomic mass is 9.94. The van der Waals surface area contributed by atoms with E-state index in [2.05, 4.69) is 16.6 Å². The van der Waals surface area contributed by atoms with Crippen molar-refractivity contribution >= 4 is 35.5 Å². The van der Waals surface area contributed by atoms with Gasteiger partial charge in [-0.2, -0.15) is 0 Å². The van der Waals surface area contributed by atoms with Crippen molar-refractivity contribution in [2.24, 2.45) is 11.8 Å². The van der Waals surface area contributed by atoms with Gasteiger partial charge in [-0.15, -0.1) is 12.3 Å². The van der Waals surface area contributed by atoms with Gasteiger partial charge in [-0.3, -0.25) is 28.8 Å². The maximum Gasteiger partial charge on any atom is 0.308 e. The normalized spacial score (nSPS) is 28.7. The molecule has 228 valence electrons. The van der Waals surface area contributed by atoms with E-state index in [9.17, 15) is 28.8 Å². The standard InChI is InChI=1S/C29H45N5O7/c1-9-12-21-27(38)34-16-11-13-20(34)26(37)31-23(18(5)10-2)28(39)33(8)24(17(3)4)29(40)32(7)19(6)25(36)30-15-14-22(35)41-21/h1,17-21,23-24H,10-16H2,2-8H3,(H,30,36)(H,31,37)/t18-,19-,20-,21+,23-,24?/m0/s1. The van der Waals surface area contributed by atoms with Crippen molar-refractivity contribution in [1.29, 1.82) is 0 Å². The molecule has 12 heteroatoms. The number of nitrogens with zero attached hydrogens (tertiary/aromatic N) is 3. The highest BCUT2D eigenvalue weighted by Gasteiger charge is 2.42. The van der Waals surface area contributed by atoms with Crippen LogP contribution in [0.3, 0.4) is 0 Å². The molecule has 0 radical (unpaired) electrons. The summed E-state index contributed by atoms with van der Waals surface area (Å²) in [5, 5.41) is 5.47. The highest BCUT2D eigenvalue weighted by atomic mass is 16.5. The monoisotopic (exact) mass is 575 g/mol. The summed E-state index contributed by atoms with van der Waals surface area (Å²) in [4.78, 5) is 83.8. The number of esters is 1. The second-order valence-corrected chi connectivity index (χ2v) is 11.3. The zero-order valence-electron chi connectivity index (χ0n) is 25.3. The minimum atomic E-state index is -1.29. The van der Waals surface area contributed by atoms with Crippen molar-refractivity contribution in [1.82, 2.24) is 25.3 Å². The molecule has 0 aromatic heterocycles. The number of fused-ring (bicyclic) bond motifs is 1. The molecule has 2 aliphatic heterocycles. The Kier molecular flexibility index (Phi) is 12.2. The fourth-order valence-electron chi connectivity index (χ4n) is 5.19. The van der Waals surface area contributed by atoms with Crippen molar-refractivity contribution in [2.75, 3.05) is 27.2 Å². The third-order valence-corrected chi connectivity index (χ3v) is 8.05. The maximum absolute atomic E-state index is 13.9. The number of ether oxygens (including phenoxy) is 1. The lowest BCUT2D eigenvalue weighted by molar-refractivity contribution is -0.161. The first kappa shape index (κ1) is 33.6. The zero-order chi connectivity index (χ0) is 31.0. The van der Waals surface area contributed by atoms with E-state index in [-0.39, 0.29) is 37.8 Å². The van der Waals surface area contributed by atoms with Crippen molar-refractivity contribution < 1.29 is 33.5 Å². The van der Waals surface area contributed by atoms with Gasteiger partial charge in [0.05, 0.1) is 12.8 Å². The van der Waals surface area contributed by atoms with E-state index >= 15 is 0 Å². The molecule has 0 bridgehead atoms. The van der Waals surface area contributed by atoms with Gasteiger partial charge in [0.2, 0.25) is 23.6 Å². The molecule has 2 aliphatic rings.